The normalized spacial score (nSPS) is 18.1. The highest BCUT2D eigenvalue weighted by Gasteiger charge is 2.29. The lowest BCUT2D eigenvalue weighted by Crippen LogP contribution is -2.41. The molecule has 2 saturated heterocycles. The molecule has 2 aromatic heterocycles. The monoisotopic (exact) mass is 640 g/mol. The van der Waals surface area contributed by atoms with Crippen molar-refractivity contribution in [2.24, 2.45) is 13.0 Å². The molecule has 9 nitrogen and oxygen atoms in total. The Bertz CT molecular complexity index is 2090. The molecule has 8 rings (SSSR count). The first-order chi connectivity index (χ1) is 23.4. The second kappa shape index (κ2) is 12.3. The molecule has 0 amide bonds. The maximum Gasteiger partial charge on any atom is 0.253 e. The molecule has 0 spiro atoms. The lowest BCUT2D eigenvalue weighted by molar-refractivity contribution is 0.170. The van der Waals surface area contributed by atoms with Crippen molar-refractivity contribution in [1.82, 2.24) is 19.7 Å². The Morgan fingerprint density at radius 3 is 2.48 bits per heavy atom. The van der Waals surface area contributed by atoms with Gasteiger partial charge in [0.1, 0.15) is 0 Å². The van der Waals surface area contributed by atoms with Crippen molar-refractivity contribution in [2.75, 3.05) is 67.6 Å². The number of hydrogen-bond donors (Lipinski definition) is 1. The van der Waals surface area contributed by atoms with Gasteiger partial charge in [-0.3, -0.25) is 9.89 Å². The number of piperidine rings is 2. The van der Waals surface area contributed by atoms with E-state index in [1.54, 1.807) is 0 Å². The SMILES string of the molecule is Cc1cc2c(N3CCN(C)c4ccc(C#N)cc43)cc(C3CCN(CC4CCN(c5ccc6[nH]ncc6c5)CC4)CC3)cc2n(C)c1=O. The van der Waals surface area contributed by atoms with Crippen LogP contribution in [0.4, 0.5) is 22.7 Å². The number of nitrogens with one attached hydrogen (secondary N) is 1. The highest BCUT2D eigenvalue weighted by atomic mass is 16.1. The minimum absolute atomic E-state index is 0.0547. The maximum atomic E-state index is 13.1. The van der Waals surface area contributed by atoms with Crippen molar-refractivity contribution < 1.29 is 0 Å². The van der Waals surface area contributed by atoms with E-state index in [2.05, 4.69) is 85.4 Å². The molecule has 5 aromatic rings. The number of nitriles is 1. The highest BCUT2D eigenvalue weighted by Crippen LogP contribution is 2.43. The van der Waals surface area contributed by atoms with E-state index in [4.69, 9.17) is 0 Å². The molecule has 2 fully saturated rings. The molecule has 3 aliphatic rings. The van der Waals surface area contributed by atoms with Crippen LogP contribution in [0, 0.1) is 24.2 Å². The van der Waals surface area contributed by atoms with Gasteiger partial charge in [0, 0.05) is 68.8 Å². The van der Waals surface area contributed by atoms with Crippen molar-refractivity contribution in [3.63, 3.8) is 0 Å². The van der Waals surface area contributed by atoms with Crippen LogP contribution >= 0.6 is 0 Å². The number of likely N-dealkylation sites (N-methyl/N-ethyl adjacent to an activating group) is 1. The molecule has 0 atom stereocenters. The number of nitrogens with zero attached hydrogens (tertiary/aromatic N) is 7. The largest absolute Gasteiger partial charge is 0.371 e. The molecule has 0 radical (unpaired) electrons. The minimum Gasteiger partial charge on any atom is -0.371 e. The molecule has 0 aliphatic carbocycles. The molecule has 5 heterocycles. The van der Waals surface area contributed by atoms with Crippen LogP contribution in [0.25, 0.3) is 21.8 Å². The smallest absolute Gasteiger partial charge is 0.253 e. The molecule has 48 heavy (non-hydrogen) atoms. The van der Waals surface area contributed by atoms with Crippen LogP contribution in [0.3, 0.4) is 0 Å². The molecule has 1 N–H and O–H groups in total. The van der Waals surface area contributed by atoms with Crippen LogP contribution in [0.15, 0.2) is 65.6 Å². The first-order valence-corrected chi connectivity index (χ1v) is 17.4. The van der Waals surface area contributed by atoms with Crippen LogP contribution in [0.1, 0.15) is 48.3 Å². The number of likely N-dealkylation sites (tertiary alicyclic amines) is 1. The molecule has 3 aliphatic heterocycles. The van der Waals surface area contributed by atoms with E-state index >= 15 is 0 Å². The van der Waals surface area contributed by atoms with E-state index in [-0.39, 0.29) is 5.56 Å². The quantitative estimate of drug-likeness (QED) is 0.242. The summed E-state index contributed by atoms with van der Waals surface area (Å²) in [4.78, 5) is 23.0. The van der Waals surface area contributed by atoms with E-state index in [0.717, 1.165) is 97.1 Å². The number of benzene rings is 3. The standard InChI is InChI=1S/C39H44N8O/c1-26-18-33-36(44(3)39(26)48)21-30(22-37(33)47-17-16-43(2)35-7-4-28(23-40)19-38(35)47)29-10-12-45(13-11-29)25-27-8-14-46(15-9-27)32-5-6-34-31(20-32)24-41-42-34/h4-7,18-22,24,27,29H,8-17,25H2,1-3H3,(H,41,42). The van der Waals surface area contributed by atoms with Gasteiger partial charge in [-0.2, -0.15) is 10.4 Å². The summed E-state index contributed by atoms with van der Waals surface area (Å²) in [6.45, 7) is 9.19. The Morgan fingerprint density at radius 2 is 1.69 bits per heavy atom. The number of aromatic nitrogens is 3. The third-order valence-corrected chi connectivity index (χ3v) is 11.3. The van der Waals surface area contributed by atoms with Crippen molar-refractivity contribution >= 4 is 44.6 Å². The van der Waals surface area contributed by atoms with Gasteiger partial charge in [-0.1, -0.05) is 0 Å². The average molecular weight is 641 g/mol. The zero-order valence-corrected chi connectivity index (χ0v) is 28.2. The average Bonchev–Trinajstić information content (AvgIpc) is 3.59. The van der Waals surface area contributed by atoms with Crippen LogP contribution in [0.5, 0.6) is 0 Å². The van der Waals surface area contributed by atoms with Gasteiger partial charge in [0.15, 0.2) is 0 Å². The predicted octanol–water partition coefficient (Wildman–Crippen LogP) is 6.28. The number of pyridine rings is 1. The van der Waals surface area contributed by atoms with Crippen LogP contribution in [-0.2, 0) is 7.05 Å². The summed E-state index contributed by atoms with van der Waals surface area (Å²) >= 11 is 0. The lowest BCUT2D eigenvalue weighted by Gasteiger charge is -2.39. The van der Waals surface area contributed by atoms with Gasteiger partial charge in [-0.15, -0.1) is 0 Å². The van der Waals surface area contributed by atoms with Gasteiger partial charge in [-0.25, -0.2) is 0 Å². The van der Waals surface area contributed by atoms with Crippen LogP contribution in [-0.4, -0.2) is 72.5 Å². The third-order valence-electron chi connectivity index (χ3n) is 11.3. The number of H-pyrrole nitrogens is 1. The fourth-order valence-corrected chi connectivity index (χ4v) is 8.37. The van der Waals surface area contributed by atoms with Gasteiger partial charge in [0.05, 0.1) is 45.9 Å². The Kier molecular flexibility index (Phi) is 7.84. The summed E-state index contributed by atoms with van der Waals surface area (Å²) in [6, 6.07) is 21.7. The lowest BCUT2D eigenvalue weighted by atomic mass is 9.87. The molecular formula is C39H44N8O. The second-order valence-electron chi connectivity index (χ2n) is 14.2. The Hall–Kier alpha value is -4.81. The Morgan fingerprint density at radius 1 is 0.875 bits per heavy atom. The Labute approximate surface area is 282 Å². The van der Waals surface area contributed by atoms with Crippen LogP contribution < -0.4 is 20.3 Å². The molecule has 9 heteroatoms. The minimum atomic E-state index is 0.0547. The zero-order chi connectivity index (χ0) is 32.9. The summed E-state index contributed by atoms with van der Waals surface area (Å²) in [5.41, 5.74) is 9.46. The van der Waals surface area contributed by atoms with E-state index < -0.39 is 0 Å². The van der Waals surface area contributed by atoms with Crippen molar-refractivity contribution in [1.29, 1.82) is 5.26 Å². The van der Waals surface area contributed by atoms with E-state index in [9.17, 15) is 10.1 Å². The topological polar surface area (TPSA) is 87.4 Å². The van der Waals surface area contributed by atoms with E-state index in [0.29, 0.717) is 11.5 Å². The zero-order valence-electron chi connectivity index (χ0n) is 28.2. The number of anilines is 4. The molecular weight excluding hydrogens is 596 g/mol. The third kappa shape index (κ3) is 5.48. The van der Waals surface area contributed by atoms with Gasteiger partial charge < -0.3 is 24.2 Å². The summed E-state index contributed by atoms with van der Waals surface area (Å²) < 4.78 is 1.83. The fourth-order valence-electron chi connectivity index (χ4n) is 8.37. The predicted molar refractivity (Wildman–Crippen MR) is 195 cm³/mol. The number of aromatic amines is 1. The van der Waals surface area contributed by atoms with Gasteiger partial charge >= 0.3 is 0 Å². The van der Waals surface area contributed by atoms with Gasteiger partial charge in [0.2, 0.25) is 0 Å². The van der Waals surface area contributed by atoms with Crippen molar-refractivity contribution in [3.8, 4) is 6.07 Å². The molecule has 0 saturated carbocycles. The fraction of sp³-hybridized carbons (Fsp3) is 0.410. The van der Waals surface area contributed by atoms with Crippen molar-refractivity contribution in [2.45, 2.75) is 38.5 Å². The summed E-state index contributed by atoms with van der Waals surface area (Å²) in [6.07, 6.45) is 6.60. The van der Waals surface area contributed by atoms with Gasteiger partial charge in [-0.05, 0) is 118 Å². The number of hydrogen-bond acceptors (Lipinski definition) is 7. The highest BCUT2D eigenvalue weighted by molar-refractivity contribution is 5.97. The molecule has 0 bridgehead atoms. The first kappa shape index (κ1) is 30.5. The molecule has 246 valence electrons. The summed E-state index contributed by atoms with van der Waals surface area (Å²) in [5, 5.41) is 19.2. The number of fused-ring (bicyclic) bond motifs is 3. The van der Waals surface area contributed by atoms with Crippen LogP contribution in [0.2, 0.25) is 0 Å². The first-order valence-electron chi connectivity index (χ1n) is 17.4. The summed E-state index contributed by atoms with van der Waals surface area (Å²) in [7, 11) is 4.02. The van der Waals surface area contributed by atoms with Gasteiger partial charge in [0.25, 0.3) is 5.56 Å². The second-order valence-corrected chi connectivity index (χ2v) is 14.2. The number of rotatable bonds is 5. The molecule has 3 aromatic carbocycles. The van der Waals surface area contributed by atoms with Crippen molar-refractivity contribution in [3.05, 3.63) is 87.8 Å². The molecule has 0 unspecified atom stereocenters. The summed E-state index contributed by atoms with van der Waals surface area (Å²) in [5.74, 6) is 1.17. The van der Waals surface area contributed by atoms with E-state index in [1.807, 2.05) is 36.9 Å². The Balaban J connectivity index is 1.00. The van der Waals surface area contributed by atoms with E-state index in [1.165, 1.54) is 36.0 Å². The maximum absolute atomic E-state index is 13.1. The number of aryl methyl sites for hydroxylation is 2.